The van der Waals surface area contributed by atoms with Crippen LogP contribution in [-0.4, -0.2) is 23.8 Å². The van der Waals surface area contributed by atoms with E-state index < -0.39 is 46.3 Å². The van der Waals surface area contributed by atoms with Crippen molar-refractivity contribution in [1.29, 1.82) is 0 Å². The largest absolute Gasteiger partial charge is 0.465 e. The molecule has 134 valence electrons. The van der Waals surface area contributed by atoms with Gasteiger partial charge >= 0.3 is 12.1 Å². The molecule has 0 saturated heterocycles. The smallest absolute Gasteiger partial charge is 0.420 e. The summed E-state index contributed by atoms with van der Waals surface area (Å²) >= 11 is 0. The van der Waals surface area contributed by atoms with E-state index >= 15 is 0 Å². The minimum atomic E-state index is -5.30. The summed E-state index contributed by atoms with van der Waals surface area (Å²) in [4.78, 5) is 27.1. The van der Waals surface area contributed by atoms with Crippen molar-refractivity contribution in [3.05, 3.63) is 57.4 Å². The number of benzene rings is 1. The Kier molecular flexibility index (Phi) is 4.70. The van der Waals surface area contributed by atoms with Gasteiger partial charge in [-0.2, -0.15) is 13.2 Å². The number of rotatable bonds is 3. The number of alkyl halides is 3. The number of aromatic nitrogens is 1. The third-order valence-electron chi connectivity index (χ3n) is 3.61. The molecule has 9 heteroatoms. The number of ketones is 1. The van der Waals surface area contributed by atoms with Crippen LogP contribution < -0.4 is 0 Å². The fourth-order valence-electron chi connectivity index (χ4n) is 2.60. The number of nitrogens with one attached hydrogen (secondary N) is 1. The van der Waals surface area contributed by atoms with Gasteiger partial charge in [0, 0.05) is 11.4 Å². The Balaban J connectivity index is 2.81. The molecule has 1 aromatic heterocycles. The average molecular weight is 361 g/mol. The summed E-state index contributed by atoms with van der Waals surface area (Å²) < 4.78 is 71.7. The van der Waals surface area contributed by atoms with Crippen LogP contribution in [0.25, 0.3) is 0 Å². The van der Waals surface area contributed by atoms with Crippen molar-refractivity contribution in [2.24, 2.45) is 0 Å². The Bertz CT molecular complexity index is 868. The van der Waals surface area contributed by atoms with Crippen molar-refractivity contribution in [2.75, 3.05) is 7.11 Å². The molecule has 0 aliphatic rings. The Morgan fingerprint density at radius 3 is 2.00 bits per heavy atom. The third kappa shape index (κ3) is 3.13. The topological polar surface area (TPSA) is 59.2 Å². The maximum Gasteiger partial charge on any atom is 0.420 e. The van der Waals surface area contributed by atoms with Crippen LogP contribution in [0.3, 0.4) is 0 Å². The van der Waals surface area contributed by atoms with Crippen molar-refractivity contribution in [3.63, 3.8) is 0 Å². The number of esters is 1. The van der Waals surface area contributed by atoms with Crippen molar-refractivity contribution in [3.8, 4) is 0 Å². The van der Waals surface area contributed by atoms with E-state index in [9.17, 15) is 31.5 Å². The molecular weight excluding hydrogens is 349 g/mol. The van der Waals surface area contributed by atoms with E-state index in [1.54, 1.807) is 0 Å². The van der Waals surface area contributed by atoms with Crippen LogP contribution in [0.15, 0.2) is 12.1 Å². The second kappa shape index (κ2) is 6.30. The van der Waals surface area contributed by atoms with Crippen molar-refractivity contribution >= 4 is 11.8 Å². The van der Waals surface area contributed by atoms with Gasteiger partial charge in [-0.25, -0.2) is 13.6 Å². The molecule has 0 atom stereocenters. The summed E-state index contributed by atoms with van der Waals surface area (Å²) in [6.45, 7) is 2.71. The van der Waals surface area contributed by atoms with Crippen molar-refractivity contribution < 1.29 is 36.3 Å². The SMILES string of the molecule is COC(=O)c1c(C)[nH]c(C)c1C(=O)c1c(F)ccc(F)c1C(F)(F)F. The number of halogens is 5. The van der Waals surface area contributed by atoms with Gasteiger partial charge in [-0.1, -0.05) is 0 Å². The van der Waals surface area contributed by atoms with Gasteiger partial charge in [-0.15, -0.1) is 0 Å². The average Bonchev–Trinajstić information content (AvgIpc) is 2.80. The highest BCUT2D eigenvalue weighted by Gasteiger charge is 2.41. The van der Waals surface area contributed by atoms with Crippen LogP contribution >= 0.6 is 0 Å². The predicted molar refractivity (Wildman–Crippen MR) is 76.4 cm³/mol. The summed E-state index contributed by atoms with van der Waals surface area (Å²) in [5.74, 6) is -5.79. The summed E-state index contributed by atoms with van der Waals surface area (Å²) in [5, 5.41) is 0. The van der Waals surface area contributed by atoms with E-state index in [4.69, 9.17) is 0 Å². The fraction of sp³-hybridized carbons (Fsp3) is 0.250. The molecule has 4 nitrogen and oxygen atoms in total. The zero-order chi connectivity index (χ0) is 19.1. The van der Waals surface area contributed by atoms with E-state index in [1.807, 2.05) is 0 Å². The molecule has 0 radical (unpaired) electrons. The Hall–Kier alpha value is -2.71. The van der Waals surface area contributed by atoms with Crippen molar-refractivity contribution in [1.82, 2.24) is 4.98 Å². The number of H-pyrrole nitrogens is 1. The fourth-order valence-corrected chi connectivity index (χ4v) is 2.60. The molecule has 25 heavy (non-hydrogen) atoms. The predicted octanol–water partition coefficient (Wildman–Crippen LogP) is 3.95. The normalized spacial score (nSPS) is 11.5. The summed E-state index contributed by atoms with van der Waals surface area (Å²) in [6.07, 6.45) is -5.30. The van der Waals surface area contributed by atoms with Gasteiger partial charge in [-0.05, 0) is 26.0 Å². The molecule has 1 N–H and O–H groups in total. The maximum absolute atomic E-state index is 14.0. The van der Waals surface area contributed by atoms with Crippen molar-refractivity contribution in [2.45, 2.75) is 20.0 Å². The van der Waals surface area contributed by atoms with Crippen LogP contribution in [0.1, 0.15) is 43.2 Å². The van der Waals surface area contributed by atoms with Crippen LogP contribution in [0.2, 0.25) is 0 Å². The van der Waals surface area contributed by atoms with Gasteiger partial charge in [0.05, 0.1) is 23.8 Å². The highest BCUT2D eigenvalue weighted by Crippen LogP contribution is 2.37. The maximum atomic E-state index is 14.0. The Morgan fingerprint density at radius 2 is 1.48 bits per heavy atom. The van der Waals surface area contributed by atoms with E-state index in [1.165, 1.54) is 13.8 Å². The van der Waals surface area contributed by atoms with Gasteiger partial charge < -0.3 is 9.72 Å². The Labute approximate surface area is 138 Å². The van der Waals surface area contributed by atoms with E-state index in [-0.39, 0.29) is 23.0 Å². The third-order valence-corrected chi connectivity index (χ3v) is 3.61. The van der Waals surface area contributed by atoms with Crippen LogP contribution in [-0.2, 0) is 10.9 Å². The molecule has 1 heterocycles. The number of ether oxygens (including phenoxy) is 1. The number of carbonyl (C=O) groups excluding carboxylic acids is 2. The first kappa shape index (κ1) is 18.6. The van der Waals surface area contributed by atoms with Gasteiger partial charge in [-0.3, -0.25) is 4.79 Å². The molecule has 1 aromatic carbocycles. The molecule has 0 unspecified atom stereocenters. The zero-order valence-corrected chi connectivity index (χ0v) is 13.3. The van der Waals surface area contributed by atoms with Gasteiger partial charge in [0.1, 0.15) is 17.2 Å². The first-order chi connectivity index (χ1) is 11.5. The molecule has 0 amide bonds. The lowest BCUT2D eigenvalue weighted by molar-refractivity contribution is -0.140. The number of carbonyl (C=O) groups is 2. The molecule has 0 saturated carbocycles. The molecular formula is C16H12F5NO3. The first-order valence-electron chi connectivity index (χ1n) is 6.88. The molecule has 2 rings (SSSR count). The van der Waals surface area contributed by atoms with E-state index in [0.717, 1.165) is 7.11 Å². The molecule has 0 fully saturated rings. The molecule has 0 aliphatic heterocycles. The standard InChI is InChI=1S/C16H12F5NO3/c1-6-10(11(7(2)22-6)15(24)25-3)14(23)12-8(17)4-5-9(18)13(12)16(19,20)21/h4-5,22H,1-3H3. The Morgan fingerprint density at radius 1 is 0.960 bits per heavy atom. The van der Waals surface area contributed by atoms with Gasteiger partial charge in [0.15, 0.2) is 5.78 Å². The van der Waals surface area contributed by atoms with Crippen LogP contribution in [0.4, 0.5) is 22.0 Å². The lowest BCUT2D eigenvalue weighted by Gasteiger charge is -2.14. The minimum Gasteiger partial charge on any atom is -0.465 e. The summed E-state index contributed by atoms with van der Waals surface area (Å²) in [5.41, 5.74) is -4.16. The van der Waals surface area contributed by atoms with E-state index in [0.29, 0.717) is 6.07 Å². The number of aromatic amines is 1. The van der Waals surface area contributed by atoms with E-state index in [2.05, 4.69) is 9.72 Å². The number of hydrogen-bond donors (Lipinski definition) is 1. The van der Waals surface area contributed by atoms with Crippen LogP contribution in [0.5, 0.6) is 0 Å². The number of hydrogen-bond acceptors (Lipinski definition) is 3. The quantitative estimate of drug-likeness (QED) is 0.512. The molecule has 0 spiro atoms. The van der Waals surface area contributed by atoms with Gasteiger partial charge in [0.25, 0.3) is 0 Å². The minimum absolute atomic E-state index is 0.0275. The molecule has 0 bridgehead atoms. The lowest BCUT2D eigenvalue weighted by atomic mass is 9.94. The highest BCUT2D eigenvalue weighted by molar-refractivity contribution is 6.16. The monoisotopic (exact) mass is 361 g/mol. The summed E-state index contributed by atoms with van der Waals surface area (Å²) in [7, 11) is 1.02. The molecule has 2 aromatic rings. The second-order valence-corrected chi connectivity index (χ2v) is 5.22. The molecule has 0 aliphatic carbocycles. The lowest BCUT2D eigenvalue weighted by Crippen LogP contribution is -2.20. The van der Waals surface area contributed by atoms with Crippen LogP contribution in [0, 0.1) is 25.5 Å². The second-order valence-electron chi connectivity index (χ2n) is 5.22. The first-order valence-corrected chi connectivity index (χ1v) is 6.88. The van der Waals surface area contributed by atoms with Gasteiger partial charge in [0.2, 0.25) is 0 Å². The highest BCUT2D eigenvalue weighted by atomic mass is 19.4. The number of methoxy groups -OCH3 is 1. The summed E-state index contributed by atoms with van der Waals surface area (Å²) in [6, 6.07) is 0.704. The number of aryl methyl sites for hydroxylation is 2. The zero-order valence-electron chi connectivity index (χ0n) is 13.3.